The summed E-state index contributed by atoms with van der Waals surface area (Å²) in [7, 11) is 0. The smallest absolute Gasteiger partial charge is 0.100 e. The zero-order chi connectivity index (χ0) is 16.1. The summed E-state index contributed by atoms with van der Waals surface area (Å²) in [5.74, 6) is 0.0949. The molecule has 0 aliphatic heterocycles. The van der Waals surface area contributed by atoms with Crippen LogP contribution in [0.4, 0.5) is 0 Å². The summed E-state index contributed by atoms with van der Waals surface area (Å²) in [6.45, 7) is 3.39. The maximum atomic E-state index is 5.94. The lowest BCUT2D eigenvalue weighted by Crippen LogP contribution is -2.14. The van der Waals surface area contributed by atoms with Gasteiger partial charge in [-0.05, 0) is 17.5 Å². The van der Waals surface area contributed by atoms with E-state index in [1.165, 1.54) is 11.1 Å². The number of benzene rings is 2. The lowest BCUT2D eigenvalue weighted by molar-refractivity contribution is 0.551. The summed E-state index contributed by atoms with van der Waals surface area (Å²) >= 11 is 0. The van der Waals surface area contributed by atoms with E-state index in [-0.39, 0.29) is 5.92 Å². The fourth-order valence-electron chi connectivity index (χ4n) is 2.99. The largest absolute Gasteiger partial charge is 0.325 e. The van der Waals surface area contributed by atoms with Gasteiger partial charge in [-0.1, -0.05) is 72.8 Å². The molecule has 3 aromatic rings. The van der Waals surface area contributed by atoms with Crippen molar-refractivity contribution in [3.05, 3.63) is 83.2 Å². The standard InChI is InChI=1S/C19H22N4/c1-2-13-23-19(17(14-20)21-22-23)18(15-9-5-3-6-10-15)16-11-7-4-8-12-16/h3-12,18H,2,13-14,20H2,1H3. The normalized spacial score (nSPS) is 11.1. The van der Waals surface area contributed by atoms with Crippen LogP contribution in [-0.2, 0) is 13.1 Å². The number of nitrogens with two attached hydrogens (primary N) is 1. The Morgan fingerprint density at radius 3 is 2.00 bits per heavy atom. The molecule has 0 saturated carbocycles. The summed E-state index contributed by atoms with van der Waals surface area (Å²) < 4.78 is 2.01. The van der Waals surface area contributed by atoms with Gasteiger partial charge in [-0.2, -0.15) is 0 Å². The molecule has 0 atom stereocenters. The summed E-state index contributed by atoms with van der Waals surface area (Å²) in [6, 6.07) is 21.0. The molecule has 0 amide bonds. The topological polar surface area (TPSA) is 56.7 Å². The van der Waals surface area contributed by atoms with Gasteiger partial charge in [-0.25, -0.2) is 4.68 Å². The van der Waals surface area contributed by atoms with Crippen LogP contribution in [0.15, 0.2) is 60.7 Å². The van der Waals surface area contributed by atoms with Gasteiger partial charge in [-0.15, -0.1) is 5.10 Å². The van der Waals surface area contributed by atoms with Crippen LogP contribution in [-0.4, -0.2) is 15.0 Å². The lowest BCUT2D eigenvalue weighted by Gasteiger charge is -2.20. The van der Waals surface area contributed by atoms with Crippen LogP contribution in [0.5, 0.6) is 0 Å². The van der Waals surface area contributed by atoms with Crippen molar-refractivity contribution < 1.29 is 0 Å². The minimum absolute atomic E-state index is 0.0949. The molecular weight excluding hydrogens is 284 g/mol. The van der Waals surface area contributed by atoms with E-state index in [1.54, 1.807) is 0 Å². The minimum atomic E-state index is 0.0949. The molecule has 3 rings (SSSR count). The van der Waals surface area contributed by atoms with Gasteiger partial charge in [0, 0.05) is 13.1 Å². The molecule has 2 N–H and O–H groups in total. The third-order valence-electron chi connectivity index (χ3n) is 4.02. The summed E-state index contributed by atoms with van der Waals surface area (Å²) in [4.78, 5) is 0. The monoisotopic (exact) mass is 306 g/mol. The number of nitrogens with zero attached hydrogens (tertiary/aromatic N) is 3. The van der Waals surface area contributed by atoms with E-state index in [9.17, 15) is 0 Å². The Hall–Kier alpha value is -2.46. The molecule has 0 spiro atoms. The molecule has 23 heavy (non-hydrogen) atoms. The number of aryl methyl sites for hydroxylation is 1. The average molecular weight is 306 g/mol. The zero-order valence-electron chi connectivity index (χ0n) is 13.4. The fourth-order valence-corrected chi connectivity index (χ4v) is 2.99. The van der Waals surface area contributed by atoms with E-state index >= 15 is 0 Å². The first kappa shape index (κ1) is 15.4. The Morgan fingerprint density at radius 2 is 1.52 bits per heavy atom. The van der Waals surface area contributed by atoms with Crippen molar-refractivity contribution in [1.82, 2.24) is 15.0 Å². The Morgan fingerprint density at radius 1 is 0.957 bits per heavy atom. The van der Waals surface area contributed by atoms with Crippen molar-refractivity contribution in [2.45, 2.75) is 32.4 Å². The maximum Gasteiger partial charge on any atom is 0.100 e. The first-order chi connectivity index (χ1) is 11.3. The van der Waals surface area contributed by atoms with Crippen LogP contribution in [0.3, 0.4) is 0 Å². The predicted octanol–water partition coefficient (Wildman–Crippen LogP) is 3.33. The second-order valence-corrected chi connectivity index (χ2v) is 5.60. The predicted molar refractivity (Wildman–Crippen MR) is 92.0 cm³/mol. The second-order valence-electron chi connectivity index (χ2n) is 5.60. The van der Waals surface area contributed by atoms with Crippen LogP contribution >= 0.6 is 0 Å². The van der Waals surface area contributed by atoms with Gasteiger partial charge in [0.2, 0.25) is 0 Å². The Balaban J connectivity index is 2.19. The van der Waals surface area contributed by atoms with Crippen LogP contribution < -0.4 is 5.73 Å². The van der Waals surface area contributed by atoms with Gasteiger partial charge in [0.15, 0.2) is 0 Å². The van der Waals surface area contributed by atoms with E-state index < -0.39 is 0 Å². The molecule has 0 unspecified atom stereocenters. The van der Waals surface area contributed by atoms with Crippen molar-refractivity contribution in [2.75, 3.05) is 0 Å². The third-order valence-corrected chi connectivity index (χ3v) is 4.02. The van der Waals surface area contributed by atoms with Crippen LogP contribution in [0.25, 0.3) is 0 Å². The Bertz CT molecular complexity index is 695. The fraction of sp³-hybridized carbons (Fsp3) is 0.263. The highest BCUT2D eigenvalue weighted by molar-refractivity contribution is 5.41. The van der Waals surface area contributed by atoms with Crippen molar-refractivity contribution in [2.24, 2.45) is 5.73 Å². The molecule has 0 saturated heterocycles. The van der Waals surface area contributed by atoms with Crippen molar-refractivity contribution >= 4 is 0 Å². The number of aromatic nitrogens is 3. The van der Waals surface area contributed by atoms with Crippen LogP contribution in [0.1, 0.15) is 41.8 Å². The van der Waals surface area contributed by atoms with Gasteiger partial charge >= 0.3 is 0 Å². The van der Waals surface area contributed by atoms with E-state index in [0.717, 1.165) is 24.4 Å². The van der Waals surface area contributed by atoms with E-state index in [1.807, 2.05) is 16.8 Å². The number of hydrogen-bond acceptors (Lipinski definition) is 3. The highest BCUT2D eigenvalue weighted by atomic mass is 15.4. The van der Waals surface area contributed by atoms with Crippen molar-refractivity contribution in [3.63, 3.8) is 0 Å². The molecule has 1 aromatic heterocycles. The Labute approximate surface area is 137 Å². The van der Waals surface area contributed by atoms with Crippen LogP contribution in [0, 0.1) is 0 Å². The van der Waals surface area contributed by atoms with Crippen LogP contribution in [0.2, 0.25) is 0 Å². The summed E-state index contributed by atoms with van der Waals surface area (Å²) in [6.07, 6.45) is 1.01. The first-order valence-electron chi connectivity index (χ1n) is 8.07. The van der Waals surface area contributed by atoms with Gasteiger partial charge < -0.3 is 5.73 Å². The highest BCUT2D eigenvalue weighted by Crippen LogP contribution is 2.33. The van der Waals surface area contributed by atoms with E-state index in [0.29, 0.717) is 6.54 Å². The van der Waals surface area contributed by atoms with Gasteiger partial charge in [0.25, 0.3) is 0 Å². The molecule has 0 aliphatic rings. The molecule has 0 bridgehead atoms. The molecule has 0 aliphatic carbocycles. The minimum Gasteiger partial charge on any atom is -0.325 e. The van der Waals surface area contributed by atoms with E-state index in [2.05, 4.69) is 65.8 Å². The van der Waals surface area contributed by atoms with Gasteiger partial charge in [-0.3, -0.25) is 0 Å². The first-order valence-corrected chi connectivity index (χ1v) is 8.07. The molecule has 4 nitrogen and oxygen atoms in total. The molecule has 0 fully saturated rings. The third kappa shape index (κ3) is 3.17. The highest BCUT2D eigenvalue weighted by Gasteiger charge is 2.24. The molecule has 4 heteroatoms. The van der Waals surface area contributed by atoms with E-state index in [4.69, 9.17) is 5.73 Å². The quantitative estimate of drug-likeness (QED) is 0.760. The molecule has 2 aromatic carbocycles. The molecule has 118 valence electrons. The average Bonchev–Trinajstić information content (AvgIpc) is 3.00. The zero-order valence-corrected chi connectivity index (χ0v) is 13.4. The molecule has 0 radical (unpaired) electrons. The molecule has 1 heterocycles. The molecular formula is C19H22N4. The van der Waals surface area contributed by atoms with Gasteiger partial charge in [0.1, 0.15) is 5.69 Å². The SMILES string of the molecule is CCCn1nnc(CN)c1C(c1ccccc1)c1ccccc1. The second kappa shape index (κ2) is 7.20. The van der Waals surface area contributed by atoms with Crippen molar-refractivity contribution in [1.29, 1.82) is 0 Å². The maximum absolute atomic E-state index is 5.94. The summed E-state index contributed by atoms with van der Waals surface area (Å²) in [5.41, 5.74) is 10.4. The number of hydrogen-bond donors (Lipinski definition) is 1. The Kier molecular flexibility index (Phi) is 4.83. The summed E-state index contributed by atoms with van der Waals surface area (Å²) in [5, 5.41) is 8.65. The number of rotatable bonds is 6. The van der Waals surface area contributed by atoms with Gasteiger partial charge in [0.05, 0.1) is 11.6 Å². The lowest BCUT2D eigenvalue weighted by atomic mass is 9.87. The van der Waals surface area contributed by atoms with Crippen molar-refractivity contribution in [3.8, 4) is 0 Å².